The van der Waals surface area contributed by atoms with Crippen LogP contribution >= 0.6 is 23.2 Å². The molecule has 1 aliphatic carbocycles. The first kappa shape index (κ1) is 38.6. The van der Waals surface area contributed by atoms with Crippen LogP contribution in [0, 0.1) is 11.1 Å². The number of nitrogens with zero attached hydrogens (tertiary/aromatic N) is 3. The summed E-state index contributed by atoms with van der Waals surface area (Å²) in [7, 11) is -3.32. The molecule has 2 heterocycles. The lowest BCUT2D eigenvalue weighted by Crippen LogP contribution is -2.34. The Hall–Kier alpha value is -4.61. The zero-order valence-corrected chi connectivity index (χ0v) is 30.3. The second-order valence-electron chi connectivity index (χ2n) is 12.8. The van der Waals surface area contributed by atoms with Crippen LogP contribution in [0.4, 0.5) is 14.5 Å². The van der Waals surface area contributed by atoms with Crippen molar-refractivity contribution in [2.24, 2.45) is 5.92 Å². The summed E-state index contributed by atoms with van der Waals surface area (Å²) in [5.41, 5.74) is -0.382. The highest BCUT2D eigenvalue weighted by Gasteiger charge is 2.28. The Balaban J connectivity index is 1.43. The number of alkyl halides is 2. The fraction of sp³-hybridized carbons (Fsp3) is 0.394. The van der Waals surface area contributed by atoms with Crippen LogP contribution in [0.1, 0.15) is 50.8 Å². The van der Waals surface area contributed by atoms with E-state index < -0.39 is 60.0 Å². The van der Waals surface area contributed by atoms with Crippen LogP contribution in [0.15, 0.2) is 58.0 Å². The van der Waals surface area contributed by atoms with Gasteiger partial charge in [0, 0.05) is 18.1 Å². The zero-order chi connectivity index (χ0) is 37.9. The molecule has 1 aliphatic rings. The second-order valence-corrected chi connectivity index (χ2v) is 14.6. The van der Waals surface area contributed by atoms with Crippen LogP contribution in [0.3, 0.4) is 0 Å². The van der Waals surface area contributed by atoms with E-state index in [1.165, 1.54) is 36.4 Å². The lowest BCUT2D eigenvalue weighted by atomic mass is 10.0. The number of thiol groups is 1. The topological polar surface area (TPSA) is 171 Å². The minimum Gasteiger partial charge on any atom is -0.619 e. The van der Waals surface area contributed by atoms with Crippen LogP contribution in [0.5, 0.6) is 11.5 Å². The SMILES string of the molecule is CC(C)(C)OC(=O)CN(c1ccc2c(c1)oc(=O)n2CC(=O)OC(Cc1c(Cl)c[n+]([O-])cc1Cl)c1ccc(OC(F)F)c(OCC2CC2)c1)[SH](=O)=O. The number of oxazole rings is 1. The van der Waals surface area contributed by atoms with Crippen molar-refractivity contribution < 1.29 is 54.9 Å². The van der Waals surface area contributed by atoms with Gasteiger partial charge in [-0.05, 0) is 69.4 Å². The molecule has 2 aromatic heterocycles. The highest BCUT2D eigenvalue weighted by atomic mass is 35.5. The van der Waals surface area contributed by atoms with E-state index in [4.69, 9.17) is 41.8 Å². The van der Waals surface area contributed by atoms with E-state index >= 15 is 0 Å². The lowest BCUT2D eigenvalue weighted by molar-refractivity contribution is -0.605. The van der Waals surface area contributed by atoms with Gasteiger partial charge in [-0.25, -0.2) is 13.2 Å². The van der Waals surface area contributed by atoms with E-state index in [0.717, 1.165) is 34.1 Å². The molecule has 0 spiro atoms. The number of fused-ring (bicyclic) bond motifs is 1. The summed E-state index contributed by atoms with van der Waals surface area (Å²) in [6.45, 7) is 0.650. The Kier molecular flexibility index (Phi) is 11.9. The number of carbonyl (C=O) groups is 2. The molecule has 4 aromatic rings. The first-order valence-corrected chi connectivity index (χ1v) is 17.6. The summed E-state index contributed by atoms with van der Waals surface area (Å²) in [6.07, 6.45) is 2.55. The number of benzene rings is 2. The first-order chi connectivity index (χ1) is 24.5. The fourth-order valence-corrected chi connectivity index (χ4v) is 6.23. The van der Waals surface area contributed by atoms with Gasteiger partial charge < -0.3 is 28.6 Å². The van der Waals surface area contributed by atoms with Crippen LogP contribution in [0.2, 0.25) is 10.0 Å². The number of pyridine rings is 1. The average Bonchev–Trinajstić information content (AvgIpc) is 3.81. The van der Waals surface area contributed by atoms with Crippen molar-refractivity contribution in [1.29, 1.82) is 0 Å². The predicted molar refractivity (Wildman–Crippen MR) is 183 cm³/mol. The molecular formula is C33H33Cl2F2N3O11S. The Morgan fingerprint density at radius 1 is 1.08 bits per heavy atom. The maximum Gasteiger partial charge on any atom is 0.420 e. The third-order valence-electron chi connectivity index (χ3n) is 7.58. The molecule has 0 N–H and O–H groups in total. The summed E-state index contributed by atoms with van der Waals surface area (Å²) in [4.78, 5) is 38.8. The van der Waals surface area contributed by atoms with Gasteiger partial charge in [-0.2, -0.15) is 13.5 Å². The predicted octanol–water partition coefficient (Wildman–Crippen LogP) is 5.13. The lowest BCUT2D eigenvalue weighted by Gasteiger charge is -2.22. The molecular weight excluding hydrogens is 755 g/mol. The molecule has 1 atom stereocenters. The van der Waals surface area contributed by atoms with E-state index in [1.807, 2.05) is 0 Å². The number of aromatic nitrogens is 2. The molecule has 0 amide bonds. The van der Waals surface area contributed by atoms with Gasteiger partial charge in [-0.15, -0.1) is 0 Å². The molecule has 52 heavy (non-hydrogen) atoms. The number of hydrogen-bond donors (Lipinski definition) is 1. The number of carbonyl (C=O) groups excluding carboxylic acids is 2. The standard InChI is InChI=1S/C33H33Cl2F2N3O11S/c1-33(2,3)51-30(42)16-40(52(45)46)20-7-8-24-27(11-20)50-32(43)39(24)15-29(41)48-26(12-21-22(34)13-38(44)14-23(21)35)19-6-9-25(49-31(36)37)28(10-19)47-17-18-4-5-18/h6-11,13-14,18,26,31,52H,4-5,12,15-17H2,1-3H3. The van der Waals surface area contributed by atoms with E-state index in [1.54, 1.807) is 20.8 Å². The third-order valence-corrected chi connectivity index (χ3v) is 9.00. The number of esters is 2. The van der Waals surface area contributed by atoms with Crippen molar-refractivity contribution >= 4 is 62.8 Å². The molecule has 1 fully saturated rings. The normalized spacial score (nSPS) is 13.7. The van der Waals surface area contributed by atoms with Crippen molar-refractivity contribution in [2.45, 2.75) is 64.9 Å². The molecule has 0 radical (unpaired) electrons. The summed E-state index contributed by atoms with van der Waals surface area (Å²) in [6, 6.07) is 7.84. The quantitative estimate of drug-likeness (QED) is 0.0734. The van der Waals surface area contributed by atoms with Gasteiger partial charge in [0.2, 0.25) is 10.9 Å². The maximum atomic E-state index is 13.5. The summed E-state index contributed by atoms with van der Waals surface area (Å²) >= 11 is 12.6. The third kappa shape index (κ3) is 10.0. The van der Waals surface area contributed by atoms with Gasteiger partial charge >= 0.3 is 24.3 Å². The number of rotatable bonds is 15. The molecule has 5 rings (SSSR count). The van der Waals surface area contributed by atoms with Gasteiger partial charge in [0.15, 0.2) is 29.5 Å². The molecule has 1 saturated carbocycles. The number of hydrogen-bond acceptors (Lipinski definition) is 11. The number of ether oxygens (including phenoxy) is 4. The van der Waals surface area contributed by atoms with E-state index in [2.05, 4.69) is 4.74 Å². The molecule has 0 aliphatic heterocycles. The van der Waals surface area contributed by atoms with Gasteiger partial charge in [-0.3, -0.25) is 18.5 Å². The van der Waals surface area contributed by atoms with E-state index in [0.29, 0.717) is 4.73 Å². The Labute approximate surface area is 307 Å². The Morgan fingerprint density at radius 2 is 1.77 bits per heavy atom. The summed E-state index contributed by atoms with van der Waals surface area (Å²) in [5, 5.41) is 11.8. The molecule has 280 valence electrons. The minimum absolute atomic E-state index is 0.00648. The molecule has 1 unspecified atom stereocenters. The monoisotopic (exact) mass is 787 g/mol. The van der Waals surface area contributed by atoms with Crippen LogP contribution in [-0.2, 0) is 42.9 Å². The van der Waals surface area contributed by atoms with Crippen LogP contribution in [-0.4, -0.2) is 50.3 Å². The van der Waals surface area contributed by atoms with Gasteiger partial charge in [-0.1, -0.05) is 29.3 Å². The average molecular weight is 789 g/mol. The van der Waals surface area contributed by atoms with E-state index in [-0.39, 0.29) is 68.4 Å². The van der Waals surface area contributed by atoms with Gasteiger partial charge in [0.05, 0.1) is 17.8 Å². The zero-order valence-electron chi connectivity index (χ0n) is 27.9. The van der Waals surface area contributed by atoms with Crippen molar-refractivity contribution in [2.75, 3.05) is 17.5 Å². The van der Waals surface area contributed by atoms with Crippen molar-refractivity contribution in [3.8, 4) is 11.5 Å². The molecule has 2 aromatic carbocycles. The smallest absolute Gasteiger partial charge is 0.420 e. The van der Waals surface area contributed by atoms with Gasteiger partial charge in [0.25, 0.3) is 0 Å². The summed E-state index contributed by atoms with van der Waals surface area (Å²) in [5.74, 6) is -2.76. The summed E-state index contributed by atoms with van der Waals surface area (Å²) < 4.78 is 79.3. The Morgan fingerprint density at radius 3 is 2.38 bits per heavy atom. The highest BCUT2D eigenvalue weighted by molar-refractivity contribution is 7.74. The molecule has 19 heteroatoms. The van der Waals surface area contributed by atoms with Crippen LogP contribution < -0.4 is 24.3 Å². The maximum absolute atomic E-state index is 13.5. The van der Waals surface area contributed by atoms with E-state index in [9.17, 15) is 36.8 Å². The van der Waals surface area contributed by atoms with Crippen molar-refractivity contribution in [1.82, 2.24) is 4.57 Å². The molecule has 0 bridgehead atoms. The van der Waals surface area contributed by atoms with Crippen molar-refractivity contribution in [3.63, 3.8) is 0 Å². The number of anilines is 1. The fourth-order valence-electron chi connectivity index (χ4n) is 5.09. The highest BCUT2D eigenvalue weighted by Crippen LogP contribution is 2.38. The molecule has 0 saturated heterocycles. The van der Waals surface area contributed by atoms with Crippen LogP contribution in [0.25, 0.3) is 11.1 Å². The second kappa shape index (κ2) is 16.0. The molecule has 14 nitrogen and oxygen atoms in total. The number of halogens is 4. The van der Waals surface area contributed by atoms with Crippen molar-refractivity contribution in [3.05, 3.63) is 85.7 Å². The largest absolute Gasteiger partial charge is 0.619 e. The minimum atomic E-state index is -3.32. The first-order valence-electron chi connectivity index (χ1n) is 15.7. The van der Waals surface area contributed by atoms with Gasteiger partial charge in [0.1, 0.15) is 34.8 Å². The Bertz CT molecular complexity index is 2080.